The fraction of sp³-hybridized carbons (Fsp3) is 0.429. The number of hydrogen-bond donors (Lipinski definition) is 1. The van der Waals surface area contributed by atoms with Gasteiger partial charge in [-0.2, -0.15) is 0 Å². The van der Waals surface area contributed by atoms with Crippen LogP contribution in [0.15, 0.2) is 34.6 Å². The van der Waals surface area contributed by atoms with Crippen LogP contribution in [0, 0.1) is 0 Å². The van der Waals surface area contributed by atoms with Gasteiger partial charge < -0.3 is 5.11 Å². The van der Waals surface area contributed by atoms with Crippen molar-refractivity contribution >= 4 is 11.6 Å². The molecule has 3 heteroatoms. The number of aliphatic hydroxyl groups is 1. The van der Waals surface area contributed by atoms with Gasteiger partial charge in [0.2, 0.25) is 11.6 Å². The maximum atomic E-state index is 11.7. The lowest BCUT2D eigenvalue weighted by Crippen LogP contribution is -2.21. The summed E-state index contributed by atoms with van der Waals surface area (Å²) in [5.41, 5.74) is 2.18. The summed E-state index contributed by atoms with van der Waals surface area (Å²) in [6, 6.07) is 0. The SMILES string of the molecule is CCCC1=C(CC=C(C)C)C(O)=CC(=O)C1=O. The molecule has 0 aromatic rings. The summed E-state index contributed by atoms with van der Waals surface area (Å²) in [6.45, 7) is 5.85. The van der Waals surface area contributed by atoms with E-state index in [1.54, 1.807) is 0 Å². The van der Waals surface area contributed by atoms with E-state index in [2.05, 4.69) is 0 Å². The van der Waals surface area contributed by atoms with Crippen LogP contribution in [0.1, 0.15) is 40.0 Å². The van der Waals surface area contributed by atoms with Crippen molar-refractivity contribution < 1.29 is 14.7 Å². The van der Waals surface area contributed by atoms with Gasteiger partial charge in [0, 0.05) is 17.2 Å². The first-order valence-electron chi connectivity index (χ1n) is 5.82. The lowest BCUT2D eigenvalue weighted by molar-refractivity contribution is -0.132. The van der Waals surface area contributed by atoms with Gasteiger partial charge in [0.25, 0.3) is 0 Å². The predicted octanol–water partition coefficient (Wildman–Crippen LogP) is 3.03. The van der Waals surface area contributed by atoms with Crippen molar-refractivity contribution in [3.63, 3.8) is 0 Å². The fourth-order valence-electron chi connectivity index (χ4n) is 1.77. The number of ketones is 2. The molecular formula is C14H18O3. The Morgan fingerprint density at radius 1 is 1.29 bits per heavy atom. The summed E-state index contributed by atoms with van der Waals surface area (Å²) in [7, 11) is 0. The highest BCUT2D eigenvalue weighted by Crippen LogP contribution is 2.26. The second-order valence-corrected chi connectivity index (χ2v) is 4.42. The molecule has 0 atom stereocenters. The molecule has 0 aromatic heterocycles. The highest BCUT2D eigenvalue weighted by atomic mass is 16.3. The highest BCUT2D eigenvalue weighted by molar-refractivity contribution is 6.48. The van der Waals surface area contributed by atoms with Crippen LogP contribution in [-0.2, 0) is 9.59 Å². The third-order valence-corrected chi connectivity index (χ3v) is 2.65. The number of carbonyl (C=O) groups excluding carboxylic acids is 2. The Morgan fingerprint density at radius 2 is 1.94 bits per heavy atom. The first kappa shape index (κ1) is 13.4. The molecule has 0 saturated carbocycles. The molecule has 3 nitrogen and oxygen atoms in total. The second kappa shape index (κ2) is 5.62. The van der Waals surface area contributed by atoms with E-state index in [9.17, 15) is 14.7 Å². The maximum absolute atomic E-state index is 11.7. The second-order valence-electron chi connectivity index (χ2n) is 4.42. The van der Waals surface area contributed by atoms with Gasteiger partial charge in [-0.05, 0) is 26.7 Å². The zero-order chi connectivity index (χ0) is 13.0. The fourth-order valence-corrected chi connectivity index (χ4v) is 1.77. The molecule has 0 spiro atoms. The standard InChI is InChI=1S/C14H18O3/c1-4-5-11-10(7-6-9(2)3)12(15)8-13(16)14(11)17/h6,8,15H,4-5,7H2,1-3H3. The van der Waals surface area contributed by atoms with E-state index >= 15 is 0 Å². The Labute approximate surface area is 102 Å². The third-order valence-electron chi connectivity index (χ3n) is 2.65. The van der Waals surface area contributed by atoms with Crippen LogP contribution in [0.25, 0.3) is 0 Å². The minimum atomic E-state index is -0.619. The van der Waals surface area contributed by atoms with Gasteiger partial charge in [-0.1, -0.05) is 25.0 Å². The maximum Gasteiger partial charge on any atom is 0.229 e. The number of allylic oxidation sites excluding steroid dienone is 5. The van der Waals surface area contributed by atoms with Crippen molar-refractivity contribution in [3.8, 4) is 0 Å². The van der Waals surface area contributed by atoms with Crippen LogP contribution in [0.2, 0.25) is 0 Å². The molecule has 1 aliphatic carbocycles. The quantitative estimate of drug-likeness (QED) is 0.462. The molecule has 0 aliphatic heterocycles. The summed E-state index contributed by atoms with van der Waals surface area (Å²) in [5.74, 6) is -1.15. The number of carbonyl (C=O) groups is 2. The van der Waals surface area contributed by atoms with Gasteiger partial charge >= 0.3 is 0 Å². The molecule has 1 aliphatic rings. The first-order chi connectivity index (χ1) is 7.97. The molecular weight excluding hydrogens is 216 g/mol. The molecule has 0 saturated heterocycles. The third kappa shape index (κ3) is 3.16. The van der Waals surface area contributed by atoms with Crippen molar-refractivity contribution in [1.29, 1.82) is 0 Å². The first-order valence-corrected chi connectivity index (χ1v) is 5.82. The monoisotopic (exact) mass is 234 g/mol. The van der Waals surface area contributed by atoms with Crippen LogP contribution >= 0.6 is 0 Å². The Morgan fingerprint density at radius 3 is 2.47 bits per heavy atom. The molecule has 0 unspecified atom stereocenters. The summed E-state index contributed by atoms with van der Waals surface area (Å²) in [4.78, 5) is 23.1. The highest BCUT2D eigenvalue weighted by Gasteiger charge is 2.26. The minimum Gasteiger partial charge on any atom is -0.508 e. The Balaban J connectivity index is 3.14. The van der Waals surface area contributed by atoms with Crippen LogP contribution in [0.4, 0.5) is 0 Å². The van der Waals surface area contributed by atoms with E-state index in [1.807, 2.05) is 26.8 Å². The largest absolute Gasteiger partial charge is 0.508 e. The molecule has 17 heavy (non-hydrogen) atoms. The van der Waals surface area contributed by atoms with Gasteiger partial charge in [-0.3, -0.25) is 9.59 Å². The summed E-state index contributed by atoms with van der Waals surface area (Å²) < 4.78 is 0. The summed E-state index contributed by atoms with van der Waals surface area (Å²) in [5, 5.41) is 9.77. The van der Waals surface area contributed by atoms with Crippen LogP contribution < -0.4 is 0 Å². The Kier molecular flexibility index (Phi) is 4.44. The molecule has 1 N–H and O–H groups in total. The predicted molar refractivity (Wildman–Crippen MR) is 66.7 cm³/mol. The van der Waals surface area contributed by atoms with Crippen LogP contribution in [0.5, 0.6) is 0 Å². The van der Waals surface area contributed by atoms with E-state index in [-0.39, 0.29) is 5.76 Å². The number of aliphatic hydroxyl groups excluding tert-OH is 1. The minimum absolute atomic E-state index is 0.0597. The number of rotatable bonds is 4. The van der Waals surface area contributed by atoms with Crippen LogP contribution in [0.3, 0.4) is 0 Å². The smallest absolute Gasteiger partial charge is 0.229 e. The molecule has 1 rings (SSSR count). The van der Waals surface area contributed by atoms with Gasteiger partial charge in [0.15, 0.2) is 0 Å². The van der Waals surface area contributed by atoms with Crippen molar-refractivity contribution in [2.24, 2.45) is 0 Å². The van der Waals surface area contributed by atoms with E-state index in [1.165, 1.54) is 0 Å². The summed E-state index contributed by atoms with van der Waals surface area (Å²) >= 11 is 0. The van der Waals surface area contributed by atoms with E-state index in [0.29, 0.717) is 24.0 Å². The normalized spacial score (nSPS) is 16.1. The molecule has 0 bridgehead atoms. The van der Waals surface area contributed by atoms with Crippen LogP contribution in [-0.4, -0.2) is 16.7 Å². The molecule has 0 amide bonds. The van der Waals surface area contributed by atoms with E-state index in [0.717, 1.165) is 18.1 Å². The Hall–Kier alpha value is -1.64. The molecule has 0 heterocycles. The average molecular weight is 234 g/mol. The number of hydrogen-bond acceptors (Lipinski definition) is 3. The van der Waals surface area contributed by atoms with Crippen molar-refractivity contribution in [3.05, 3.63) is 34.6 Å². The lowest BCUT2D eigenvalue weighted by Gasteiger charge is -2.15. The zero-order valence-electron chi connectivity index (χ0n) is 10.5. The van der Waals surface area contributed by atoms with Crippen molar-refractivity contribution in [2.45, 2.75) is 40.0 Å². The van der Waals surface area contributed by atoms with E-state index in [4.69, 9.17) is 0 Å². The Bertz CT molecular complexity index is 432. The van der Waals surface area contributed by atoms with Gasteiger partial charge in [-0.15, -0.1) is 0 Å². The average Bonchev–Trinajstić information content (AvgIpc) is 2.24. The van der Waals surface area contributed by atoms with Crippen molar-refractivity contribution in [2.75, 3.05) is 0 Å². The lowest BCUT2D eigenvalue weighted by atomic mass is 9.89. The topological polar surface area (TPSA) is 54.4 Å². The van der Waals surface area contributed by atoms with Gasteiger partial charge in [-0.25, -0.2) is 0 Å². The zero-order valence-corrected chi connectivity index (χ0v) is 10.5. The van der Waals surface area contributed by atoms with Gasteiger partial charge in [0.05, 0.1) is 0 Å². The van der Waals surface area contributed by atoms with Crippen molar-refractivity contribution in [1.82, 2.24) is 0 Å². The van der Waals surface area contributed by atoms with E-state index < -0.39 is 11.6 Å². The molecule has 0 aromatic carbocycles. The van der Waals surface area contributed by atoms with Gasteiger partial charge in [0.1, 0.15) is 5.76 Å². The molecule has 92 valence electrons. The molecule has 0 fully saturated rings. The molecule has 0 radical (unpaired) electrons. The summed E-state index contributed by atoms with van der Waals surface area (Å²) in [6.07, 6.45) is 4.78. The number of Topliss-reactive ketones (excluding diaryl/α,β-unsaturated/α-hetero) is 1.